The molecule has 0 fully saturated rings. The van der Waals surface area contributed by atoms with Gasteiger partial charge in [-0.1, -0.05) is 90.1 Å². The van der Waals surface area contributed by atoms with E-state index in [1.165, 1.54) is 11.8 Å². The van der Waals surface area contributed by atoms with E-state index in [9.17, 15) is 9.59 Å². The summed E-state index contributed by atoms with van der Waals surface area (Å²) in [5.74, 6) is -0.291. The molecule has 6 nitrogen and oxygen atoms in total. The number of hydrogen-bond acceptors (Lipinski definition) is 5. The van der Waals surface area contributed by atoms with E-state index in [0.717, 1.165) is 33.2 Å². The first-order chi connectivity index (χ1) is 18.4. The molecule has 3 aromatic rings. The van der Waals surface area contributed by atoms with E-state index < -0.39 is 6.04 Å². The summed E-state index contributed by atoms with van der Waals surface area (Å²) in [6.45, 7) is 5.89. The molecule has 0 saturated carbocycles. The fraction of sp³-hybridized carbons (Fsp3) is 0.194. The van der Waals surface area contributed by atoms with Crippen LogP contribution in [0.4, 0.5) is 5.69 Å². The number of nitrogens with one attached hydrogen (secondary N) is 2. The third-order valence-corrected chi connectivity index (χ3v) is 7.54. The van der Waals surface area contributed by atoms with Crippen molar-refractivity contribution < 1.29 is 9.59 Å². The van der Waals surface area contributed by atoms with E-state index in [1.54, 1.807) is 0 Å². The van der Waals surface area contributed by atoms with Gasteiger partial charge in [0.15, 0.2) is 5.17 Å². The molecular weight excluding hydrogens is 492 g/mol. The summed E-state index contributed by atoms with van der Waals surface area (Å²) in [5, 5.41) is 8.89. The lowest BCUT2D eigenvalue weighted by atomic mass is 9.92. The van der Waals surface area contributed by atoms with Crippen LogP contribution in [-0.2, 0) is 9.59 Å². The van der Waals surface area contributed by atoms with Gasteiger partial charge in [-0.2, -0.15) is 0 Å². The van der Waals surface area contributed by atoms with Gasteiger partial charge in [0.25, 0.3) is 5.91 Å². The normalized spacial score (nSPS) is 17.3. The number of aliphatic imine (C=N–C) groups is 1. The van der Waals surface area contributed by atoms with Crippen molar-refractivity contribution in [2.24, 2.45) is 4.99 Å². The second-order valence-corrected chi connectivity index (χ2v) is 10.3. The number of carbonyl (C=O) groups is 2. The number of para-hydroxylation sites is 1. The summed E-state index contributed by atoms with van der Waals surface area (Å²) in [4.78, 5) is 33.7. The molecule has 2 aliphatic rings. The van der Waals surface area contributed by atoms with Crippen LogP contribution in [0.1, 0.15) is 49.0 Å². The first-order valence-electron chi connectivity index (χ1n) is 12.6. The van der Waals surface area contributed by atoms with Crippen LogP contribution in [0.25, 0.3) is 0 Å². The van der Waals surface area contributed by atoms with Gasteiger partial charge in [-0.15, -0.1) is 0 Å². The average molecular weight is 523 g/mol. The van der Waals surface area contributed by atoms with E-state index in [0.29, 0.717) is 11.3 Å². The molecule has 0 spiro atoms. The highest BCUT2D eigenvalue weighted by atomic mass is 32.2. The number of thioether (sulfide) groups is 1. The van der Waals surface area contributed by atoms with Crippen molar-refractivity contribution in [1.82, 2.24) is 10.2 Å². The van der Waals surface area contributed by atoms with Gasteiger partial charge in [-0.05, 0) is 49.4 Å². The number of amidine groups is 1. The number of rotatable bonds is 7. The third-order valence-electron chi connectivity index (χ3n) is 6.65. The van der Waals surface area contributed by atoms with Crippen LogP contribution < -0.4 is 10.6 Å². The van der Waals surface area contributed by atoms with Crippen LogP contribution in [0.15, 0.2) is 112 Å². The smallest absolute Gasteiger partial charge is 0.255 e. The molecule has 192 valence electrons. The fourth-order valence-electron chi connectivity index (χ4n) is 4.82. The maximum absolute atomic E-state index is 13.7. The van der Waals surface area contributed by atoms with Gasteiger partial charge < -0.3 is 15.5 Å². The predicted octanol–water partition coefficient (Wildman–Crippen LogP) is 6.48. The highest BCUT2D eigenvalue weighted by molar-refractivity contribution is 8.16. The van der Waals surface area contributed by atoms with E-state index in [2.05, 4.69) is 16.7 Å². The Kier molecular flexibility index (Phi) is 7.47. The zero-order valence-electron chi connectivity index (χ0n) is 21.6. The number of carbonyl (C=O) groups excluding carboxylic acids is 2. The minimum Gasteiger partial charge on any atom is -0.349 e. The van der Waals surface area contributed by atoms with E-state index in [4.69, 9.17) is 4.99 Å². The van der Waals surface area contributed by atoms with Crippen molar-refractivity contribution in [1.29, 1.82) is 0 Å². The first kappa shape index (κ1) is 25.5. The molecule has 0 bridgehead atoms. The fourth-order valence-corrected chi connectivity index (χ4v) is 5.78. The first-order valence-corrected chi connectivity index (χ1v) is 13.5. The van der Waals surface area contributed by atoms with Gasteiger partial charge in [0.1, 0.15) is 0 Å². The van der Waals surface area contributed by atoms with Gasteiger partial charge in [0, 0.05) is 11.4 Å². The lowest BCUT2D eigenvalue weighted by molar-refractivity contribution is -0.121. The number of amides is 2. The summed E-state index contributed by atoms with van der Waals surface area (Å²) in [5.41, 5.74) is 5.88. The number of anilines is 1. The maximum atomic E-state index is 13.7. The van der Waals surface area contributed by atoms with Crippen LogP contribution in [0.5, 0.6) is 0 Å². The Morgan fingerprint density at radius 3 is 2.39 bits per heavy atom. The molecular formula is C31H30N4O2S. The van der Waals surface area contributed by atoms with E-state index >= 15 is 0 Å². The number of allylic oxidation sites excluding steroid dienone is 1. The van der Waals surface area contributed by atoms with Crippen LogP contribution in [0, 0.1) is 6.92 Å². The second-order valence-electron chi connectivity index (χ2n) is 9.50. The third kappa shape index (κ3) is 5.43. The summed E-state index contributed by atoms with van der Waals surface area (Å²) in [7, 11) is 0. The molecule has 2 aliphatic heterocycles. The zero-order chi connectivity index (χ0) is 26.6. The monoisotopic (exact) mass is 522 g/mol. The SMILES string of the molecule is CC1=C(C(=O)Nc2ccccc2)[C@H](c2cccc(C)c2)N2C(CC(=O)N[C@@H](C)c3ccccc3)=CSC2=N1. The Labute approximate surface area is 227 Å². The molecule has 5 rings (SSSR count). The second kappa shape index (κ2) is 11.1. The molecule has 0 saturated heterocycles. The topological polar surface area (TPSA) is 73.8 Å². The van der Waals surface area contributed by atoms with Crippen LogP contribution >= 0.6 is 11.8 Å². The van der Waals surface area contributed by atoms with Crippen molar-refractivity contribution in [3.63, 3.8) is 0 Å². The highest BCUT2D eigenvalue weighted by Gasteiger charge is 2.40. The molecule has 0 radical (unpaired) electrons. The Balaban J connectivity index is 1.44. The van der Waals surface area contributed by atoms with Gasteiger partial charge in [0.2, 0.25) is 5.91 Å². The number of benzene rings is 3. The molecule has 7 heteroatoms. The van der Waals surface area contributed by atoms with Crippen molar-refractivity contribution in [3.05, 3.63) is 124 Å². The average Bonchev–Trinajstić information content (AvgIpc) is 3.30. The van der Waals surface area contributed by atoms with Crippen molar-refractivity contribution in [3.8, 4) is 0 Å². The molecule has 2 N–H and O–H groups in total. The summed E-state index contributed by atoms with van der Waals surface area (Å²) in [6.07, 6.45) is 0.179. The molecule has 0 unspecified atom stereocenters. The Morgan fingerprint density at radius 1 is 0.974 bits per heavy atom. The van der Waals surface area contributed by atoms with Crippen LogP contribution in [-0.4, -0.2) is 21.9 Å². The van der Waals surface area contributed by atoms with Crippen LogP contribution in [0.3, 0.4) is 0 Å². The molecule has 2 atom stereocenters. The van der Waals surface area contributed by atoms with Crippen molar-refractivity contribution >= 4 is 34.4 Å². The molecule has 0 aromatic heterocycles. The van der Waals surface area contributed by atoms with Crippen molar-refractivity contribution in [2.75, 3.05) is 5.32 Å². The zero-order valence-corrected chi connectivity index (χ0v) is 22.5. The maximum Gasteiger partial charge on any atom is 0.255 e. The minimum atomic E-state index is -0.410. The molecule has 3 aromatic carbocycles. The largest absolute Gasteiger partial charge is 0.349 e. The molecule has 0 aliphatic carbocycles. The van der Waals surface area contributed by atoms with Gasteiger partial charge in [0.05, 0.1) is 29.8 Å². The van der Waals surface area contributed by atoms with Crippen LogP contribution in [0.2, 0.25) is 0 Å². The quantitative estimate of drug-likeness (QED) is 0.373. The minimum absolute atomic E-state index is 0.0843. The summed E-state index contributed by atoms with van der Waals surface area (Å²) >= 11 is 1.48. The van der Waals surface area contributed by atoms with E-state index in [1.807, 2.05) is 110 Å². The Hall–Kier alpha value is -4.10. The lowest BCUT2D eigenvalue weighted by Crippen LogP contribution is -2.39. The van der Waals surface area contributed by atoms with Crippen molar-refractivity contribution in [2.45, 2.75) is 39.3 Å². The highest BCUT2D eigenvalue weighted by Crippen LogP contribution is 2.45. The number of nitrogens with zero attached hydrogens (tertiary/aromatic N) is 2. The molecule has 38 heavy (non-hydrogen) atoms. The number of aryl methyl sites for hydroxylation is 1. The lowest BCUT2D eigenvalue weighted by Gasteiger charge is -2.37. The summed E-state index contributed by atoms with van der Waals surface area (Å²) < 4.78 is 0. The summed E-state index contributed by atoms with van der Waals surface area (Å²) in [6, 6.07) is 26.9. The standard InChI is InChI=1S/C31H30N4O2S/c1-20-11-10-14-24(17-20)29-28(30(37)34-25-15-8-5-9-16-25)22(3)33-31-35(29)26(19-38-31)18-27(36)32-21(2)23-12-6-4-7-13-23/h4-17,19,21,29H,18H2,1-3H3,(H,32,36)(H,34,37)/t21-,29-/m0/s1. The Bertz CT molecular complexity index is 1450. The van der Waals surface area contributed by atoms with E-state index in [-0.39, 0.29) is 24.3 Å². The van der Waals surface area contributed by atoms with Gasteiger partial charge >= 0.3 is 0 Å². The number of hydrogen-bond donors (Lipinski definition) is 2. The number of fused-ring (bicyclic) bond motifs is 1. The predicted molar refractivity (Wildman–Crippen MR) is 154 cm³/mol. The van der Waals surface area contributed by atoms with Gasteiger partial charge in [-0.25, -0.2) is 4.99 Å². The van der Waals surface area contributed by atoms with Gasteiger partial charge in [-0.3, -0.25) is 9.59 Å². The molecule has 2 amide bonds. The Morgan fingerprint density at radius 2 is 1.68 bits per heavy atom. The molecule has 2 heterocycles.